The monoisotopic (exact) mass is 274 g/mol. The van der Waals surface area contributed by atoms with Gasteiger partial charge in [-0.1, -0.05) is 22.9 Å². The van der Waals surface area contributed by atoms with E-state index in [1.54, 1.807) is 31.2 Å². The number of rotatable bonds is 4. The van der Waals surface area contributed by atoms with Crippen LogP contribution in [0.25, 0.3) is 0 Å². The quantitative estimate of drug-likeness (QED) is 0.863. The SMILES string of the molecule is Cc1cccc(C(=O)OCC(=O)Nc2cc(C)no2)c1. The molecule has 0 atom stereocenters. The van der Waals surface area contributed by atoms with Crippen molar-refractivity contribution in [1.29, 1.82) is 0 Å². The molecule has 1 aromatic heterocycles. The fourth-order valence-corrected chi connectivity index (χ4v) is 1.58. The van der Waals surface area contributed by atoms with Crippen molar-refractivity contribution in [3.63, 3.8) is 0 Å². The normalized spacial score (nSPS) is 10.1. The molecule has 0 aliphatic heterocycles. The summed E-state index contributed by atoms with van der Waals surface area (Å²) in [4.78, 5) is 23.3. The first-order chi connectivity index (χ1) is 9.54. The van der Waals surface area contributed by atoms with Gasteiger partial charge in [-0.3, -0.25) is 10.1 Å². The van der Waals surface area contributed by atoms with Crippen molar-refractivity contribution in [3.05, 3.63) is 47.2 Å². The maximum absolute atomic E-state index is 11.7. The van der Waals surface area contributed by atoms with Crippen LogP contribution in [-0.2, 0) is 9.53 Å². The lowest BCUT2D eigenvalue weighted by Crippen LogP contribution is -2.20. The van der Waals surface area contributed by atoms with Crippen molar-refractivity contribution in [2.24, 2.45) is 0 Å². The number of nitrogens with zero attached hydrogens (tertiary/aromatic N) is 1. The molecule has 2 aromatic rings. The van der Waals surface area contributed by atoms with Crippen LogP contribution in [0.3, 0.4) is 0 Å². The number of aryl methyl sites for hydroxylation is 2. The zero-order valence-electron chi connectivity index (χ0n) is 11.2. The van der Waals surface area contributed by atoms with Crippen LogP contribution in [-0.4, -0.2) is 23.6 Å². The van der Waals surface area contributed by atoms with Crippen LogP contribution in [0.15, 0.2) is 34.9 Å². The molecule has 6 nitrogen and oxygen atoms in total. The van der Waals surface area contributed by atoms with Gasteiger partial charge in [0.1, 0.15) is 0 Å². The molecule has 1 aromatic carbocycles. The van der Waals surface area contributed by atoms with Gasteiger partial charge in [0, 0.05) is 6.07 Å². The van der Waals surface area contributed by atoms with Gasteiger partial charge in [-0.2, -0.15) is 0 Å². The molecule has 0 bridgehead atoms. The Labute approximate surface area is 115 Å². The molecule has 2 rings (SSSR count). The summed E-state index contributed by atoms with van der Waals surface area (Å²) in [6, 6.07) is 8.52. The number of amides is 1. The van der Waals surface area contributed by atoms with Crippen LogP contribution >= 0.6 is 0 Å². The molecule has 20 heavy (non-hydrogen) atoms. The highest BCUT2D eigenvalue weighted by Crippen LogP contribution is 2.08. The van der Waals surface area contributed by atoms with Gasteiger partial charge < -0.3 is 9.26 Å². The van der Waals surface area contributed by atoms with Gasteiger partial charge in [0.25, 0.3) is 5.91 Å². The van der Waals surface area contributed by atoms with Crippen LogP contribution in [0.4, 0.5) is 5.88 Å². The smallest absolute Gasteiger partial charge is 0.338 e. The first kappa shape index (κ1) is 13.8. The van der Waals surface area contributed by atoms with E-state index in [1.807, 2.05) is 13.0 Å². The van der Waals surface area contributed by atoms with E-state index in [-0.39, 0.29) is 12.5 Å². The fourth-order valence-electron chi connectivity index (χ4n) is 1.58. The van der Waals surface area contributed by atoms with E-state index in [2.05, 4.69) is 10.5 Å². The third-order valence-electron chi connectivity index (χ3n) is 2.48. The van der Waals surface area contributed by atoms with Crippen molar-refractivity contribution in [1.82, 2.24) is 5.16 Å². The fraction of sp³-hybridized carbons (Fsp3) is 0.214. The molecule has 0 aliphatic rings. The van der Waals surface area contributed by atoms with Crippen molar-refractivity contribution < 1.29 is 18.8 Å². The second kappa shape index (κ2) is 6.01. The summed E-state index contributed by atoms with van der Waals surface area (Å²) in [7, 11) is 0. The van der Waals surface area contributed by atoms with Gasteiger partial charge in [-0.25, -0.2) is 4.79 Å². The Balaban J connectivity index is 1.85. The van der Waals surface area contributed by atoms with E-state index < -0.39 is 11.9 Å². The Morgan fingerprint density at radius 3 is 2.75 bits per heavy atom. The van der Waals surface area contributed by atoms with Gasteiger partial charge >= 0.3 is 5.97 Å². The Morgan fingerprint density at radius 2 is 2.10 bits per heavy atom. The molecule has 1 amide bonds. The highest BCUT2D eigenvalue weighted by Gasteiger charge is 2.11. The second-order valence-electron chi connectivity index (χ2n) is 4.33. The summed E-state index contributed by atoms with van der Waals surface area (Å²) in [5, 5.41) is 6.06. The molecule has 6 heteroatoms. The minimum absolute atomic E-state index is 0.221. The van der Waals surface area contributed by atoms with Crippen LogP contribution in [0, 0.1) is 13.8 Å². The molecule has 1 heterocycles. The Kier molecular flexibility index (Phi) is 4.14. The van der Waals surface area contributed by atoms with E-state index in [1.165, 1.54) is 0 Å². The van der Waals surface area contributed by atoms with Crippen molar-refractivity contribution in [2.75, 3.05) is 11.9 Å². The summed E-state index contributed by atoms with van der Waals surface area (Å²) < 4.78 is 9.73. The lowest BCUT2D eigenvalue weighted by Gasteiger charge is -2.04. The highest BCUT2D eigenvalue weighted by molar-refractivity contribution is 5.94. The van der Waals surface area contributed by atoms with Gasteiger partial charge in [0.2, 0.25) is 5.88 Å². The third kappa shape index (κ3) is 3.68. The van der Waals surface area contributed by atoms with Crippen molar-refractivity contribution in [2.45, 2.75) is 13.8 Å². The average molecular weight is 274 g/mol. The molecule has 104 valence electrons. The second-order valence-corrected chi connectivity index (χ2v) is 4.33. The van der Waals surface area contributed by atoms with Gasteiger partial charge in [-0.15, -0.1) is 0 Å². The lowest BCUT2D eigenvalue weighted by molar-refractivity contribution is -0.119. The molecular formula is C14H14N2O4. The van der Waals surface area contributed by atoms with Crippen LogP contribution in [0.5, 0.6) is 0 Å². The van der Waals surface area contributed by atoms with Crippen molar-refractivity contribution in [3.8, 4) is 0 Å². The molecule has 0 aliphatic carbocycles. The molecule has 1 N–H and O–H groups in total. The van der Waals surface area contributed by atoms with Crippen LogP contribution < -0.4 is 5.32 Å². The Morgan fingerprint density at radius 1 is 1.30 bits per heavy atom. The third-order valence-corrected chi connectivity index (χ3v) is 2.48. The van der Waals surface area contributed by atoms with E-state index in [4.69, 9.17) is 9.26 Å². The maximum atomic E-state index is 11.7. The number of anilines is 1. The molecule has 0 radical (unpaired) electrons. The van der Waals surface area contributed by atoms with Gasteiger partial charge in [0.15, 0.2) is 6.61 Å². The summed E-state index contributed by atoms with van der Waals surface area (Å²) in [6.45, 7) is 3.22. The first-order valence-electron chi connectivity index (χ1n) is 6.01. The number of benzene rings is 1. The van der Waals surface area contributed by atoms with Gasteiger partial charge in [0.05, 0.1) is 11.3 Å². The molecule has 0 saturated carbocycles. The van der Waals surface area contributed by atoms with E-state index in [9.17, 15) is 9.59 Å². The number of carbonyl (C=O) groups is 2. The maximum Gasteiger partial charge on any atom is 0.338 e. The highest BCUT2D eigenvalue weighted by atomic mass is 16.5. The summed E-state index contributed by atoms with van der Waals surface area (Å²) >= 11 is 0. The van der Waals surface area contributed by atoms with E-state index >= 15 is 0 Å². The molecular weight excluding hydrogens is 260 g/mol. The van der Waals surface area contributed by atoms with Crippen LogP contribution in [0.1, 0.15) is 21.6 Å². The summed E-state index contributed by atoms with van der Waals surface area (Å²) in [5.41, 5.74) is 2.01. The van der Waals surface area contributed by atoms with Crippen LogP contribution in [0.2, 0.25) is 0 Å². The zero-order valence-corrected chi connectivity index (χ0v) is 11.2. The number of aromatic nitrogens is 1. The number of esters is 1. The predicted octanol–water partition coefficient (Wildman–Crippen LogP) is 2.09. The van der Waals surface area contributed by atoms with Gasteiger partial charge in [-0.05, 0) is 26.0 Å². The standard InChI is InChI=1S/C14H14N2O4/c1-9-4-3-5-11(6-9)14(18)19-8-12(17)15-13-7-10(2)16-20-13/h3-7H,8H2,1-2H3,(H,15,17). The van der Waals surface area contributed by atoms with E-state index in [0.29, 0.717) is 11.3 Å². The molecule has 0 unspecified atom stereocenters. The number of hydrogen-bond acceptors (Lipinski definition) is 5. The largest absolute Gasteiger partial charge is 0.452 e. The minimum Gasteiger partial charge on any atom is -0.452 e. The first-order valence-corrected chi connectivity index (χ1v) is 6.01. The predicted molar refractivity (Wildman–Crippen MR) is 71.3 cm³/mol. The number of ether oxygens (including phenoxy) is 1. The average Bonchev–Trinajstić information content (AvgIpc) is 2.81. The minimum atomic E-state index is -0.544. The molecule has 0 saturated heterocycles. The zero-order chi connectivity index (χ0) is 14.5. The topological polar surface area (TPSA) is 81.4 Å². The van der Waals surface area contributed by atoms with Crippen molar-refractivity contribution >= 4 is 17.8 Å². The molecule has 0 fully saturated rings. The Bertz CT molecular complexity index is 634. The summed E-state index contributed by atoms with van der Waals surface area (Å²) in [6.07, 6.45) is 0. The Hall–Kier alpha value is -2.63. The number of hydrogen-bond donors (Lipinski definition) is 1. The van der Waals surface area contributed by atoms with E-state index in [0.717, 1.165) is 5.56 Å². The molecule has 0 spiro atoms. The lowest BCUT2D eigenvalue weighted by atomic mass is 10.1. The number of carbonyl (C=O) groups excluding carboxylic acids is 2. The number of nitrogens with one attached hydrogen (secondary N) is 1. The summed E-state index contributed by atoms with van der Waals surface area (Å²) in [5.74, 6) is -0.807.